The molecule has 1 fully saturated rings. The van der Waals surface area contributed by atoms with Crippen LogP contribution in [0.15, 0.2) is 42.6 Å². The number of hydrogen-bond acceptors (Lipinski definition) is 4. The first-order valence-electron chi connectivity index (χ1n) is 10.4. The van der Waals surface area contributed by atoms with Gasteiger partial charge in [-0.25, -0.2) is 0 Å². The number of carbonyl (C=O) groups is 2. The highest BCUT2D eigenvalue weighted by molar-refractivity contribution is 6.05. The molecule has 0 spiro atoms. The second-order valence-electron chi connectivity index (χ2n) is 7.74. The van der Waals surface area contributed by atoms with Gasteiger partial charge in [-0.15, -0.1) is 0 Å². The topological polar surface area (TPSA) is 80.3 Å². The number of ether oxygens (including phenoxy) is 1. The zero-order valence-electron chi connectivity index (χ0n) is 17.1. The van der Waals surface area contributed by atoms with E-state index in [0.717, 1.165) is 31.4 Å². The van der Waals surface area contributed by atoms with Gasteiger partial charge in [-0.3, -0.25) is 14.6 Å². The van der Waals surface area contributed by atoms with Crippen LogP contribution >= 0.6 is 0 Å². The van der Waals surface area contributed by atoms with E-state index in [1.165, 1.54) is 25.1 Å². The summed E-state index contributed by atoms with van der Waals surface area (Å²) >= 11 is 0. The normalized spacial score (nSPS) is 14.9. The van der Waals surface area contributed by atoms with Gasteiger partial charge in [0, 0.05) is 23.5 Å². The van der Waals surface area contributed by atoms with Gasteiger partial charge in [0.2, 0.25) is 0 Å². The standard InChI is InChI=1S/C23H29N3O3/c1-16(2)29-20-11-9-19(10-12-20)25-22(27)17-13-14-24-21(15-17)23(28)26-18-7-5-3-4-6-8-18/h9-16,18H,3-8H2,1-2H3,(H,25,27)(H,26,28). The lowest BCUT2D eigenvalue weighted by molar-refractivity contribution is 0.0928. The number of anilines is 1. The molecule has 1 aromatic heterocycles. The van der Waals surface area contributed by atoms with Crippen molar-refractivity contribution in [2.75, 3.05) is 5.32 Å². The Kier molecular flexibility index (Phi) is 7.22. The summed E-state index contributed by atoms with van der Waals surface area (Å²) in [6, 6.07) is 10.5. The highest BCUT2D eigenvalue weighted by atomic mass is 16.5. The van der Waals surface area contributed by atoms with Crippen LogP contribution in [0.4, 0.5) is 5.69 Å². The summed E-state index contributed by atoms with van der Waals surface area (Å²) in [7, 11) is 0. The molecule has 1 saturated carbocycles. The number of carbonyl (C=O) groups excluding carboxylic acids is 2. The van der Waals surface area contributed by atoms with E-state index < -0.39 is 0 Å². The van der Waals surface area contributed by atoms with E-state index in [-0.39, 0.29) is 29.7 Å². The molecule has 0 atom stereocenters. The molecule has 3 rings (SSSR count). The Bertz CT molecular complexity index is 826. The third-order valence-electron chi connectivity index (χ3n) is 4.93. The second kappa shape index (κ2) is 10.0. The van der Waals surface area contributed by atoms with Crippen molar-refractivity contribution in [2.24, 2.45) is 0 Å². The third kappa shape index (κ3) is 6.31. The lowest BCUT2D eigenvalue weighted by Crippen LogP contribution is -2.35. The molecule has 1 aromatic carbocycles. The fraction of sp³-hybridized carbons (Fsp3) is 0.435. The van der Waals surface area contributed by atoms with Gasteiger partial charge in [0.15, 0.2) is 0 Å². The molecule has 154 valence electrons. The van der Waals surface area contributed by atoms with Crippen molar-refractivity contribution >= 4 is 17.5 Å². The van der Waals surface area contributed by atoms with Gasteiger partial charge in [0.05, 0.1) is 6.10 Å². The van der Waals surface area contributed by atoms with Crippen molar-refractivity contribution in [2.45, 2.75) is 64.5 Å². The van der Waals surface area contributed by atoms with E-state index in [9.17, 15) is 9.59 Å². The molecule has 6 nitrogen and oxygen atoms in total. The fourth-order valence-corrected chi connectivity index (χ4v) is 3.47. The lowest BCUT2D eigenvalue weighted by Gasteiger charge is -2.16. The Balaban J connectivity index is 1.62. The minimum absolute atomic E-state index is 0.0924. The first kappa shape index (κ1) is 20.8. The predicted molar refractivity (Wildman–Crippen MR) is 113 cm³/mol. The van der Waals surface area contributed by atoms with Crippen LogP contribution in [0.1, 0.15) is 73.2 Å². The molecule has 29 heavy (non-hydrogen) atoms. The van der Waals surface area contributed by atoms with Gasteiger partial charge in [-0.2, -0.15) is 0 Å². The van der Waals surface area contributed by atoms with E-state index in [4.69, 9.17) is 4.74 Å². The number of rotatable bonds is 6. The Morgan fingerprint density at radius 2 is 1.69 bits per heavy atom. The molecule has 1 aliphatic carbocycles. The van der Waals surface area contributed by atoms with Gasteiger partial charge in [-0.05, 0) is 63.1 Å². The number of aromatic nitrogens is 1. The van der Waals surface area contributed by atoms with Crippen LogP contribution < -0.4 is 15.4 Å². The Labute approximate surface area is 172 Å². The summed E-state index contributed by atoms with van der Waals surface area (Å²) in [5.74, 6) is 0.245. The van der Waals surface area contributed by atoms with Crippen LogP contribution in [-0.4, -0.2) is 28.9 Å². The minimum Gasteiger partial charge on any atom is -0.491 e. The highest BCUT2D eigenvalue weighted by Crippen LogP contribution is 2.19. The first-order chi connectivity index (χ1) is 14.0. The molecule has 1 aliphatic rings. The maximum atomic E-state index is 12.6. The van der Waals surface area contributed by atoms with E-state index in [2.05, 4.69) is 15.6 Å². The van der Waals surface area contributed by atoms with Crippen LogP contribution in [0.2, 0.25) is 0 Å². The summed E-state index contributed by atoms with van der Waals surface area (Å²) < 4.78 is 5.61. The van der Waals surface area contributed by atoms with Crippen LogP contribution in [0.3, 0.4) is 0 Å². The maximum absolute atomic E-state index is 12.6. The van der Waals surface area contributed by atoms with Crippen LogP contribution in [-0.2, 0) is 0 Å². The first-order valence-corrected chi connectivity index (χ1v) is 10.4. The quantitative estimate of drug-likeness (QED) is 0.702. The van der Waals surface area contributed by atoms with Crippen molar-refractivity contribution in [3.63, 3.8) is 0 Å². The molecule has 0 bridgehead atoms. The summed E-state index contributed by atoms with van der Waals surface area (Å²) in [5, 5.41) is 5.91. The highest BCUT2D eigenvalue weighted by Gasteiger charge is 2.18. The fourth-order valence-electron chi connectivity index (χ4n) is 3.47. The second-order valence-corrected chi connectivity index (χ2v) is 7.74. The number of benzene rings is 1. The number of pyridine rings is 1. The molecule has 0 radical (unpaired) electrons. The van der Waals surface area contributed by atoms with Gasteiger partial charge in [0.1, 0.15) is 11.4 Å². The molecule has 6 heteroatoms. The molecule has 0 aliphatic heterocycles. The molecular weight excluding hydrogens is 366 g/mol. The third-order valence-corrected chi connectivity index (χ3v) is 4.93. The van der Waals surface area contributed by atoms with Gasteiger partial charge in [0.25, 0.3) is 11.8 Å². The average molecular weight is 396 g/mol. The number of nitrogens with zero attached hydrogens (tertiary/aromatic N) is 1. The monoisotopic (exact) mass is 395 g/mol. The van der Waals surface area contributed by atoms with Crippen molar-refractivity contribution in [3.8, 4) is 5.75 Å². The van der Waals surface area contributed by atoms with Crippen molar-refractivity contribution in [1.82, 2.24) is 10.3 Å². The Morgan fingerprint density at radius 3 is 2.34 bits per heavy atom. The predicted octanol–water partition coefficient (Wildman–Crippen LogP) is 4.57. The van der Waals surface area contributed by atoms with Crippen molar-refractivity contribution < 1.29 is 14.3 Å². The van der Waals surface area contributed by atoms with E-state index in [0.29, 0.717) is 11.3 Å². The zero-order chi connectivity index (χ0) is 20.6. The molecule has 2 N–H and O–H groups in total. The van der Waals surface area contributed by atoms with E-state index >= 15 is 0 Å². The minimum atomic E-state index is -0.284. The van der Waals surface area contributed by atoms with Gasteiger partial charge in [-0.1, -0.05) is 25.7 Å². The van der Waals surface area contributed by atoms with E-state index in [1.807, 2.05) is 26.0 Å². The largest absolute Gasteiger partial charge is 0.491 e. The smallest absolute Gasteiger partial charge is 0.270 e. The number of amides is 2. The molecule has 0 saturated heterocycles. The maximum Gasteiger partial charge on any atom is 0.270 e. The molecule has 0 unspecified atom stereocenters. The van der Waals surface area contributed by atoms with Crippen molar-refractivity contribution in [1.29, 1.82) is 0 Å². The van der Waals surface area contributed by atoms with Gasteiger partial charge < -0.3 is 15.4 Å². The van der Waals surface area contributed by atoms with E-state index in [1.54, 1.807) is 18.2 Å². The molecular formula is C23H29N3O3. The number of hydrogen-bond donors (Lipinski definition) is 2. The lowest BCUT2D eigenvalue weighted by atomic mass is 10.1. The number of nitrogens with one attached hydrogen (secondary N) is 2. The molecule has 1 heterocycles. The van der Waals surface area contributed by atoms with Gasteiger partial charge >= 0.3 is 0 Å². The van der Waals surface area contributed by atoms with Crippen LogP contribution in [0.25, 0.3) is 0 Å². The Hall–Kier alpha value is -2.89. The summed E-state index contributed by atoms with van der Waals surface area (Å²) in [4.78, 5) is 29.3. The van der Waals surface area contributed by atoms with Crippen LogP contribution in [0.5, 0.6) is 5.75 Å². The SMILES string of the molecule is CC(C)Oc1ccc(NC(=O)c2ccnc(C(=O)NC3CCCCCC3)c2)cc1. The van der Waals surface area contributed by atoms with Crippen molar-refractivity contribution in [3.05, 3.63) is 53.9 Å². The summed E-state index contributed by atoms with van der Waals surface area (Å²) in [6.07, 6.45) is 8.33. The summed E-state index contributed by atoms with van der Waals surface area (Å²) in [6.45, 7) is 3.92. The Morgan fingerprint density at radius 1 is 1.00 bits per heavy atom. The van der Waals surface area contributed by atoms with Crippen LogP contribution in [0, 0.1) is 0 Å². The molecule has 2 aromatic rings. The summed E-state index contributed by atoms with van der Waals surface area (Å²) in [5.41, 5.74) is 1.32. The zero-order valence-corrected chi connectivity index (χ0v) is 17.1. The average Bonchev–Trinajstić information content (AvgIpc) is 2.98. The molecule has 2 amide bonds.